The fraction of sp³-hybridized carbons (Fsp3) is 0.273. The molecule has 0 saturated heterocycles. The summed E-state index contributed by atoms with van der Waals surface area (Å²) in [4.78, 5) is 15.6. The number of ether oxygens (including phenoxy) is 1. The van der Waals surface area contributed by atoms with Crippen molar-refractivity contribution < 1.29 is 4.74 Å². The van der Waals surface area contributed by atoms with Gasteiger partial charge in [-0.15, -0.1) is 0 Å². The summed E-state index contributed by atoms with van der Waals surface area (Å²) >= 11 is 10.8. The van der Waals surface area contributed by atoms with E-state index in [4.69, 9.17) is 16.3 Å². The molecule has 0 atom stereocenters. The first-order valence-electron chi connectivity index (χ1n) is 10.2. The largest absolute Gasteiger partial charge is 0.495 e. The molecule has 11 heteroatoms. The zero-order valence-electron chi connectivity index (χ0n) is 18.7. The molecule has 1 heterocycles. The Labute approximate surface area is 225 Å². The number of hydrogen-bond acceptors (Lipinski definition) is 8. The highest BCUT2D eigenvalue weighted by Crippen LogP contribution is 2.27. The number of hydrogen-bond donors (Lipinski definition) is 2. The lowest BCUT2D eigenvalue weighted by atomic mass is 10.2. The molecule has 0 spiro atoms. The van der Waals surface area contributed by atoms with Crippen molar-refractivity contribution in [1.29, 1.82) is 0 Å². The Morgan fingerprint density at radius 2 is 1.82 bits per heavy atom. The van der Waals surface area contributed by atoms with E-state index < -0.39 is 0 Å². The average molecular weight is 692 g/mol. The summed E-state index contributed by atoms with van der Waals surface area (Å²) in [5, 5.41) is 8.23. The highest BCUT2D eigenvalue weighted by atomic mass is 127. The molecule has 0 bridgehead atoms. The van der Waals surface area contributed by atoms with E-state index in [9.17, 15) is 0 Å². The van der Waals surface area contributed by atoms with Crippen LogP contribution in [0.3, 0.4) is 0 Å². The molecule has 2 N–H and O–H groups in total. The van der Waals surface area contributed by atoms with Crippen LogP contribution in [0.1, 0.15) is 25.0 Å². The van der Waals surface area contributed by atoms with Gasteiger partial charge in [0.2, 0.25) is 17.8 Å². The molecule has 0 unspecified atom stereocenters. The number of aryl methyl sites for hydroxylation is 1. The molecule has 0 amide bonds. The van der Waals surface area contributed by atoms with Crippen LogP contribution in [0.2, 0.25) is 5.02 Å². The normalized spacial score (nSPS) is 11.0. The van der Waals surface area contributed by atoms with Gasteiger partial charge in [-0.1, -0.05) is 17.7 Å². The van der Waals surface area contributed by atoms with E-state index in [1.165, 1.54) is 0 Å². The standard InChI is InChI=1S/C22H24ClI2N7O/c1-5-32(6-2)22-29-20(27-16-8-7-13(3)17(23)11-16)28-21(30-22)31-26-12-14-9-15(24)10-18(25)19(14)33-4/h7-12H,5-6H2,1-4H3,(H2,27,28,29,30,31)/b26-12-. The lowest BCUT2D eigenvalue weighted by Crippen LogP contribution is -2.25. The quantitative estimate of drug-likeness (QED) is 0.160. The molecule has 0 fully saturated rings. The number of benzene rings is 2. The Balaban J connectivity index is 1.90. The first kappa shape index (κ1) is 25.7. The van der Waals surface area contributed by atoms with E-state index in [1.807, 2.05) is 42.2 Å². The van der Waals surface area contributed by atoms with Crippen molar-refractivity contribution >= 4 is 86.5 Å². The second-order valence-electron chi connectivity index (χ2n) is 6.92. The maximum absolute atomic E-state index is 6.27. The third kappa shape index (κ3) is 6.79. The van der Waals surface area contributed by atoms with Crippen molar-refractivity contribution in [1.82, 2.24) is 15.0 Å². The van der Waals surface area contributed by atoms with Gasteiger partial charge in [0.1, 0.15) is 5.75 Å². The minimum Gasteiger partial charge on any atom is -0.495 e. The Morgan fingerprint density at radius 1 is 1.09 bits per heavy atom. The molecule has 174 valence electrons. The minimum atomic E-state index is 0.322. The van der Waals surface area contributed by atoms with Crippen LogP contribution in [-0.4, -0.2) is 41.4 Å². The maximum atomic E-state index is 6.27. The van der Waals surface area contributed by atoms with Crippen LogP contribution in [-0.2, 0) is 0 Å². The summed E-state index contributed by atoms with van der Waals surface area (Å²) in [6.45, 7) is 7.58. The number of nitrogens with one attached hydrogen (secondary N) is 2. The molecular formula is C22H24ClI2N7O. The van der Waals surface area contributed by atoms with Crippen molar-refractivity contribution in [3.05, 3.63) is 53.6 Å². The SMILES string of the molecule is CCN(CC)c1nc(N/N=C\c2cc(I)cc(I)c2OC)nc(Nc2ccc(C)c(Cl)c2)n1. The van der Waals surface area contributed by atoms with E-state index in [0.29, 0.717) is 22.9 Å². The van der Waals surface area contributed by atoms with E-state index in [1.54, 1.807) is 13.3 Å². The third-order valence-electron chi connectivity index (χ3n) is 4.71. The third-order valence-corrected chi connectivity index (χ3v) is 6.54. The van der Waals surface area contributed by atoms with Crippen molar-refractivity contribution in [2.24, 2.45) is 5.10 Å². The van der Waals surface area contributed by atoms with Crippen molar-refractivity contribution in [3.8, 4) is 5.75 Å². The molecule has 2 aromatic carbocycles. The molecular weight excluding hydrogens is 668 g/mol. The summed E-state index contributed by atoms with van der Waals surface area (Å²) < 4.78 is 7.62. The van der Waals surface area contributed by atoms with E-state index >= 15 is 0 Å². The van der Waals surface area contributed by atoms with Crippen LogP contribution >= 0.6 is 56.8 Å². The van der Waals surface area contributed by atoms with E-state index in [-0.39, 0.29) is 0 Å². The van der Waals surface area contributed by atoms with Crippen LogP contribution in [0.15, 0.2) is 35.4 Å². The minimum absolute atomic E-state index is 0.322. The van der Waals surface area contributed by atoms with E-state index in [2.05, 4.69) is 89.8 Å². The number of rotatable bonds is 9. The van der Waals surface area contributed by atoms with Crippen LogP contribution in [0.25, 0.3) is 0 Å². The number of nitrogens with zero attached hydrogens (tertiary/aromatic N) is 5. The van der Waals surface area contributed by atoms with E-state index in [0.717, 1.165) is 42.8 Å². The molecule has 3 rings (SSSR count). The fourth-order valence-corrected chi connectivity index (χ4v) is 5.26. The molecule has 1 aromatic heterocycles. The number of halogens is 3. The molecule has 0 aliphatic rings. The average Bonchev–Trinajstić information content (AvgIpc) is 2.77. The zero-order chi connectivity index (χ0) is 24.0. The highest BCUT2D eigenvalue weighted by Gasteiger charge is 2.12. The summed E-state index contributed by atoms with van der Waals surface area (Å²) in [7, 11) is 1.65. The van der Waals surface area contributed by atoms with Crippen LogP contribution in [0.5, 0.6) is 5.75 Å². The monoisotopic (exact) mass is 691 g/mol. The van der Waals surface area contributed by atoms with Gasteiger partial charge in [0.25, 0.3) is 0 Å². The van der Waals surface area contributed by atoms with Gasteiger partial charge in [0.05, 0.1) is 16.9 Å². The fourth-order valence-electron chi connectivity index (χ4n) is 2.97. The van der Waals surface area contributed by atoms with Gasteiger partial charge in [-0.3, -0.25) is 0 Å². The predicted molar refractivity (Wildman–Crippen MR) is 153 cm³/mol. The second kappa shape index (κ2) is 12.0. The van der Waals surface area contributed by atoms with Gasteiger partial charge < -0.3 is 15.0 Å². The zero-order valence-corrected chi connectivity index (χ0v) is 23.7. The topological polar surface area (TPSA) is 87.6 Å². The highest BCUT2D eigenvalue weighted by molar-refractivity contribution is 14.1. The second-order valence-corrected chi connectivity index (χ2v) is 9.74. The molecule has 0 aliphatic carbocycles. The van der Waals surface area contributed by atoms with Gasteiger partial charge >= 0.3 is 0 Å². The summed E-state index contributed by atoms with van der Waals surface area (Å²) in [5.41, 5.74) is 5.57. The van der Waals surface area contributed by atoms with Gasteiger partial charge in [-0.25, -0.2) is 5.43 Å². The molecule has 33 heavy (non-hydrogen) atoms. The summed E-state index contributed by atoms with van der Waals surface area (Å²) in [6.07, 6.45) is 1.69. The van der Waals surface area contributed by atoms with Gasteiger partial charge in [-0.05, 0) is 95.8 Å². The molecule has 8 nitrogen and oxygen atoms in total. The Kier molecular flexibility index (Phi) is 9.32. The van der Waals surface area contributed by atoms with Crippen LogP contribution in [0, 0.1) is 14.1 Å². The molecule has 0 aliphatic heterocycles. The van der Waals surface area contributed by atoms with Crippen LogP contribution in [0.4, 0.5) is 23.5 Å². The summed E-state index contributed by atoms with van der Waals surface area (Å²) in [6, 6.07) is 9.75. The van der Waals surface area contributed by atoms with Gasteiger partial charge in [-0.2, -0.15) is 20.1 Å². The van der Waals surface area contributed by atoms with Crippen molar-refractivity contribution in [3.63, 3.8) is 0 Å². The molecule has 3 aromatic rings. The van der Waals surface area contributed by atoms with Gasteiger partial charge in [0, 0.05) is 32.9 Å². The molecule has 0 radical (unpaired) electrons. The van der Waals surface area contributed by atoms with Crippen LogP contribution < -0.4 is 20.4 Å². The first-order valence-corrected chi connectivity index (χ1v) is 12.7. The Morgan fingerprint density at radius 3 is 2.48 bits per heavy atom. The maximum Gasteiger partial charge on any atom is 0.250 e. The first-order chi connectivity index (χ1) is 15.8. The number of aromatic nitrogens is 3. The lowest BCUT2D eigenvalue weighted by Gasteiger charge is -2.19. The Hall–Kier alpha value is -1.93. The molecule has 0 saturated carbocycles. The smallest absolute Gasteiger partial charge is 0.250 e. The Bertz CT molecular complexity index is 1160. The number of anilines is 4. The van der Waals surface area contributed by atoms with Gasteiger partial charge in [0.15, 0.2) is 0 Å². The van der Waals surface area contributed by atoms with Crippen molar-refractivity contribution in [2.45, 2.75) is 20.8 Å². The van der Waals surface area contributed by atoms with Crippen molar-refractivity contribution in [2.75, 3.05) is 35.8 Å². The number of methoxy groups -OCH3 is 1. The predicted octanol–water partition coefficient (Wildman–Crippen LogP) is 6.09. The number of hydrazone groups is 1. The summed E-state index contributed by atoms with van der Waals surface area (Å²) in [5.74, 6) is 2.03. The lowest BCUT2D eigenvalue weighted by molar-refractivity contribution is 0.411.